The Labute approximate surface area is 89.6 Å². The first kappa shape index (κ1) is 9.15. The molecule has 0 amide bonds. The van der Waals surface area contributed by atoms with E-state index < -0.39 is 0 Å². The molecule has 0 radical (unpaired) electrons. The van der Waals surface area contributed by atoms with Crippen LogP contribution in [-0.2, 0) is 0 Å². The van der Waals surface area contributed by atoms with E-state index in [2.05, 4.69) is 32.6 Å². The maximum atomic E-state index is 4.91. The SMILES string of the molecule is C=Cc1nc(-c2ccc(Br)cc2)no1. The largest absolute Gasteiger partial charge is 0.334 e. The molecule has 0 saturated heterocycles. The summed E-state index contributed by atoms with van der Waals surface area (Å²) < 4.78 is 5.93. The fourth-order valence-electron chi connectivity index (χ4n) is 1.03. The summed E-state index contributed by atoms with van der Waals surface area (Å²) in [7, 11) is 0. The number of rotatable bonds is 2. The molecular formula is C10H7BrN2O. The van der Waals surface area contributed by atoms with Crippen LogP contribution in [0.15, 0.2) is 39.8 Å². The lowest BCUT2D eigenvalue weighted by molar-refractivity contribution is 0.411. The lowest BCUT2D eigenvalue weighted by Crippen LogP contribution is -1.79. The lowest BCUT2D eigenvalue weighted by Gasteiger charge is -1.92. The number of aromatic nitrogens is 2. The van der Waals surface area contributed by atoms with E-state index in [1.807, 2.05) is 24.3 Å². The van der Waals surface area contributed by atoms with Gasteiger partial charge in [-0.3, -0.25) is 0 Å². The second-order valence-corrected chi connectivity index (χ2v) is 3.58. The van der Waals surface area contributed by atoms with Gasteiger partial charge in [0.25, 0.3) is 0 Å². The van der Waals surface area contributed by atoms with Crippen molar-refractivity contribution in [1.29, 1.82) is 0 Å². The molecule has 2 rings (SSSR count). The zero-order valence-electron chi connectivity index (χ0n) is 7.27. The summed E-state index contributed by atoms with van der Waals surface area (Å²) >= 11 is 3.36. The van der Waals surface area contributed by atoms with Crippen LogP contribution in [0.1, 0.15) is 5.89 Å². The van der Waals surface area contributed by atoms with Gasteiger partial charge in [-0.1, -0.05) is 27.7 Å². The average molecular weight is 251 g/mol. The molecule has 70 valence electrons. The van der Waals surface area contributed by atoms with Gasteiger partial charge in [0, 0.05) is 10.0 Å². The van der Waals surface area contributed by atoms with E-state index in [0.29, 0.717) is 11.7 Å². The van der Waals surface area contributed by atoms with Crippen molar-refractivity contribution in [2.75, 3.05) is 0 Å². The Morgan fingerprint density at radius 1 is 1.29 bits per heavy atom. The van der Waals surface area contributed by atoms with Crippen LogP contribution >= 0.6 is 15.9 Å². The fourth-order valence-corrected chi connectivity index (χ4v) is 1.30. The van der Waals surface area contributed by atoms with Crippen LogP contribution in [-0.4, -0.2) is 10.1 Å². The van der Waals surface area contributed by atoms with Gasteiger partial charge in [-0.25, -0.2) is 0 Å². The molecule has 1 aromatic heterocycles. The summed E-state index contributed by atoms with van der Waals surface area (Å²) in [5, 5.41) is 3.81. The maximum absolute atomic E-state index is 4.91. The van der Waals surface area contributed by atoms with Gasteiger partial charge in [-0.05, 0) is 30.3 Å². The molecule has 0 aliphatic carbocycles. The molecule has 0 spiro atoms. The van der Waals surface area contributed by atoms with Crippen molar-refractivity contribution in [3.63, 3.8) is 0 Å². The molecule has 4 heteroatoms. The highest BCUT2D eigenvalue weighted by Crippen LogP contribution is 2.18. The van der Waals surface area contributed by atoms with Crippen LogP contribution in [0, 0.1) is 0 Å². The minimum atomic E-state index is 0.433. The monoisotopic (exact) mass is 250 g/mol. The fraction of sp³-hybridized carbons (Fsp3) is 0. The predicted molar refractivity (Wildman–Crippen MR) is 57.5 cm³/mol. The molecule has 0 aliphatic rings. The Kier molecular flexibility index (Phi) is 2.45. The van der Waals surface area contributed by atoms with E-state index in [1.165, 1.54) is 6.08 Å². The summed E-state index contributed by atoms with van der Waals surface area (Å²) in [6, 6.07) is 7.70. The topological polar surface area (TPSA) is 38.9 Å². The van der Waals surface area contributed by atoms with Crippen LogP contribution in [0.2, 0.25) is 0 Å². The van der Waals surface area contributed by atoms with Gasteiger partial charge in [-0.2, -0.15) is 4.98 Å². The molecule has 0 atom stereocenters. The Morgan fingerprint density at radius 3 is 2.57 bits per heavy atom. The highest BCUT2D eigenvalue weighted by Gasteiger charge is 2.05. The van der Waals surface area contributed by atoms with Gasteiger partial charge >= 0.3 is 0 Å². The second kappa shape index (κ2) is 3.75. The minimum Gasteiger partial charge on any atom is -0.334 e. The van der Waals surface area contributed by atoms with E-state index in [1.54, 1.807) is 0 Å². The molecule has 0 fully saturated rings. The molecule has 2 aromatic rings. The smallest absolute Gasteiger partial charge is 0.250 e. The second-order valence-electron chi connectivity index (χ2n) is 2.67. The number of halogens is 1. The highest BCUT2D eigenvalue weighted by atomic mass is 79.9. The highest BCUT2D eigenvalue weighted by molar-refractivity contribution is 9.10. The molecule has 14 heavy (non-hydrogen) atoms. The van der Waals surface area contributed by atoms with Crippen molar-refractivity contribution in [1.82, 2.24) is 10.1 Å². The third-order valence-corrected chi connectivity index (χ3v) is 2.25. The van der Waals surface area contributed by atoms with Crippen LogP contribution in [0.3, 0.4) is 0 Å². The normalized spacial score (nSPS) is 10.1. The van der Waals surface area contributed by atoms with Gasteiger partial charge in [-0.15, -0.1) is 0 Å². The van der Waals surface area contributed by atoms with Gasteiger partial charge < -0.3 is 4.52 Å². The van der Waals surface area contributed by atoms with Crippen molar-refractivity contribution in [2.45, 2.75) is 0 Å². The molecule has 0 saturated carbocycles. The van der Waals surface area contributed by atoms with Gasteiger partial charge in [0.05, 0.1) is 0 Å². The molecule has 0 N–H and O–H groups in total. The van der Waals surface area contributed by atoms with Crippen molar-refractivity contribution in [3.8, 4) is 11.4 Å². The average Bonchev–Trinajstić information content (AvgIpc) is 2.67. The zero-order valence-corrected chi connectivity index (χ0v) is 8.86. The van der Waals surface area contributed by atoms with Crippen LogP contribution in [0.4, 0.5) is 0 Å². The van der Waals surface area contributed by atoms with E-state index in [-0.39, 0.29) is 0 Å². The third kappa shape index (κ3) is 1.75. The molecule has 3 nitrogen and oxygen atoms in total. The van der Waals surface area contributed by atoms with E-state index in [9.17, 15) is 0 Å². The third-order valence-electron chi connectivity index (χ3n) is 1.72. The van der Waals surface area contributed by atoms with Gasteiger partial charge in [0.15, 0.2) is 0 Å². The molecule has 0 bridgehead atoms. The Hall–Kier alpha value is -1.42. The first-order chi connectivity index (χ1) is 6.79. The number of nitrogens with zero attached hydrogens (tertiary/aromatic N) is 2. The molecule has 1 aromatic carbocycles. The zero-order chi connectivity index (χ0) is 9.97. The summed E-state index contributed by atoms with van der Waals surface area (Å²) in [6.07, 6.45) is 1.52. The summed E-state index contributed by atoms with van der Waals surface area (Å²) in [5.74, 6) is 1.01. The minimum absolute atomic E-state index is 0.433. The first-order valence-electron chi connectivity index (χ1n) is 4.01. The van der Waals surface area contributed by atoms with Crippen LogP contribution in [0.25, 0.3) is 17.5 Å². The molecule has 0 aliphatic heterocycles. The van der Waals surface area contributed by atoms with E-state index >= 15 is 0 Å². The van der Waals surface area contributed by atoms with Gasteiger partial charge in [0.2, 0.25) is 11.7 Å². The maximum Gasteiger partial charge on any atom is 0.250 e. The van der Waals surface area contributed by atoms with Crippen molar-refractivity contribution >= 4 is 22.0 Å². The van der Waals surface area contributed by atoms with Gasteiger partial charge in [0.1, 0.15) is 0 Å². The number of hydrogen-bond acceptors (Lipinski definition) is 3. The predicted octanol–water partition coefficient (Wildman–Crippen LogP) is 3.14. The summed E-state index contributed by atoms with van der Waals surface area (Å²) in [4.78, 5) is 4.12. The Morgan fingerprint density at radius 2 is 2.00 bits per heavy atom. The van der Waals surface area contributed by atoms with Crippen molar-refractivity contribution < 1.29 is 4.52 Å². The summed E-state index contributed by atoms with van der Waals surface area (Å²) in [6.45, 7) is 3.55. The number of hydrogen-bond donors (Lipinski definition) is 0. The Bertz CT molecular complexity index is 447. The molecular weight excluding hydrogens is 244 g/mol. The Balaban J connectivity index is 2.39. The van der Waals surface area contributed by atoms with E-state index in [4.69, 9.17) is 4.52 Å². The van der Waals surface area contributed by atoms with Crippen molar-refractivity contribution in [3.05, 3.63) is 41.2 Å². The first-order valence-corrected chi connectivity index (χ1v) is 4.81. The summed E-state index contributed by atoms with van der Waals surface area (Å²) in [5.41, 5.74) is 0.921. The number of benzene rings is 1. The molecule has 1 heterocycles. The lowest BCUT2D eigenvalue weighted by atomic mass is 10.2. The van der Waals surface area contributed by atoms with Crippen LogP contribution < -0.4 is 0 Å². The van der Waals surface area contributed by atoms with Crippen molar-refractivity contribution in [2.24, 2.45) is 0 Å². The molecule has 0 unspecified atom stereocenters. The standard InChI is InChI=1S/C10H7BrN2O/c1-2-9-12-10(13-14-9)7-3-5-8(11)6-4-7/h2-6H,1H2. The van der Waals surface area contributed by atoms with E-state index in [0.717, 1.165) is 10.0 Å². The van der Waals surface area contributed by atoms with Crippen LogP contribution in [0.5, 0.6) is 0 Å². The quantitative estimate of drug-likeness (QED) is 0.822.